The van der Waals surface area contributed by atoms with Crippen molar-refractivity contribution in [2.75, 3.05) is 13.7 Å². The fourth-order valence-electron chi connectivity index (χ4n) is 1.76. The maximum Gasteiger partial charge on any atom is 0.304 e. The second kappa shape index (κ2) is 3.81. The molecule has 0 saturated heterocycles. The molecular weight excluding hydrogens is 196 g/mol. The summed E-state index contributed by atoms with van der Waals surface area (Å²) in [4.78, 5) is 10.6. The highest BCUT2D eigenvalue weighted by Gasteiger charge is 2.26. The predicted octanol–water partition coefficient (Wildman–Crippen LogP) is 1.65. The number of methoxy groups -OCH3 is 1. The van der Waals surface area contributed by atoms with Crippen LogP contribution in [0.3, 0.4) is 0 Å². The molecule has 0 fully saturated rings. The molecule has 0 bridgehead atoms. The molecule has 4 nitrogen and oxygen atoms in total. The molecule has 0 amide bonds. The van der Waals surface area contributed by atoms with Crippen LogP contribution in [0, 0.1) is 0 Å². The molecular formula is C11H12O4. The normalized spacial score (nSPS) is 18.1. The Labute approximate surface area is 87.4 Å². The summed E-state index contributed by atoms with van der Waals surface area (Å²) in [5.41, 5.74) is 0.957. The van der Waals surface area contributed by atoms with Crippen molar-refractivity contribution in [1.82, 2.24) is 0 Å². The van der Waals surface area contributed by atoms with E-state index in [1.54, 1.807) is 13.2 Å². The van der Waals surface area contributed by atoms with E-state index in [9.17, 15) is 4.79 Å². The van der Waals surface area contributed by atoms with Gasteiger partial charge in [-0.1, -0.05) is 6.07 Å². The maximum absolute atomic E-state index is 10.6. The fraction of sp³-hybridized carbons (Fsp3) is 0.364. The van der Waals surface area contributed by atoms with E-state index < -0.39 is 5.97 Å². The minimum absolute atomic E-state index is 0.0385. The summed E-state index contributed by atoms with van der Waals surface area (Å²) in [5, 5.41) is 8.72. The van der Waals surface area contributed by atoms with Gasteiger partial charge in [-0.2, -0.15) is 0 Å². The number of ether oxygens (including phenoxy) is 2. The SMILES string of the molecule is COc1ccc2c(c1)OCC2CC(=O)O. The van der Waals surface area contributed by atoms with E-state index in [2.05, 4.69) is 0 Å². The number of benzene rings is 1. The van der Waals surface area contributed by atoms with Crippen LogP contribution >= 0.6 is 0 Å². The van der Waals surface area contributed by atoms with Gasteiger partial charge in [-0.3, -0.25) is 4.79 Å². The van der Waals surface area contributed by atoms with Crippen molar-refractivity contribution in [3.63, 3.8) is 0 Å². The largest absolute Gasteiger partial charge is 0.497 e. The van der Waals surface area contributed by atoms with Crippen molar-refractivity contribution in [1.29, 1.82) is 0 Å². The average Bonchev–Trinajstić information content (AvgIpc) is 2.60. The highest BCUT2D eigenvalue weighted by Crippen LogP contribution is 2.37. The molecule has 80 valence electrons. The van der Waals surface area contributed by atoms with Gasteiger partial charge >= 0.3 is 5.97 Å². The molecule has 1 aliphatic rings. The molecule has 2 rings (SSSR count). The average molecular weight is 208 g/mol. The van der Waals surface area contributed by atoms with Crippen molar-refractivity contribution < 1.29 is 19.4 Å². The number of rotatable bonds is 3. The van der Waals surface area contributed by atoms with E-state index in [-0.39, 0.29) is 12.3 Å². The lowest BCUT2D eigenvalue weighted by Crippen LogP contribution is -2.07. The Hall–Kier alpha value is -1.71. The number of hydrogen-bond acceptors (Lipinski definition) is 3. The summed E-state index contributed by atoms with van der Waals surface area (Å²) < 4.78 is 10.5. The van der Waals surface area contributed by atoms with E-state index in [1.807, 2.05) is 12.1 Å². The minimum Gasteiger partial charge on any atom is -0.497 e. The summed E-state index contributed by atoms with van der Waals surface area (Å²) in [6.07, 6.45) is 0.110. The third-order valence-corrected chi connectivity index (χ3v) is 2.52. The van der Waals surface area contributed by atoms with Crippen LogP contribution in [0.15, 0.2) is 18.2 Å². The minimum atomic E-state index is -0.799. The summed E-state index contributed by atoms with van der Waals surface area (Å²) in [5.74, 6) is 0.626. The van der Waals surface area contributed by atoms with E-state index in [0.717, 1.165) is 17.1 Å². The molecule has 0 aromatic heterocycles. The van der Waals surface area contributed by atoms with Crippen LogP contribution in [-0.2, 0) is 4.79 Å². The molecule has 1 atom stereocenters. The molecule has 1 heterocycles. The van der Waals surface area contributed by atoms with Gasteiger partial charge in [-0.15, -0.1) is 0 Å². The second-order valence-electron chi connectivity index (χ2n) is 3.51. The van der Waals surface area contributed by atoms with Gasteiger partial charge in [0.2, 0.25) is 0 Å². The van der Waals surface area contributed by atoms with E-state index >= 15 is 0 Å². The molecule has 0 aliphatic carbocycles. The van der Waals surface area contributed by atoms with Crippen LogP contribution in [-0.4, -0.2) is 24.8 Å². The number of carbonyl (C=O) groups is 1. The lowest BCUT2D eigenvalue weighted by atomic mass is 9.98. The van der Waals surface area contributed by atoms with Gasteiger partial charge in [0.05, 0.1) is 20.1 Å². The van der Waals surface area contributed by atoms with Gasteiger partial charge in [0.25, 0.3) is 0 Å². The lowest BCUT2D eigenvalue weighted by molar-refractivity contribution is -0.137. The third kappa shape index (κ3) is 1.88. The van der Waals surface area contributed by atoms with Gasteiger partial charge in [-0.05, 0) is 6.07 Å². The highest BCUT2D eigenvalue weighted by atomic mass is 16.5. The number of fused-ring (bicyclic) bond motifs is 1. The fourth-order valence-corrected chi connectivity index (χ4v) is 1.76. The zero-order chi connectivity index (χ0) is 10.8. The molecule has 0 radical (unpaired) electrons. The van der Waals surface area contributed by atoms with Gasteiger partial charge in [0.1, 0.15) is 11.5 Å². The number of hydrogen-bond donors (Lipinski definition) is 1. The van der Waals surface area contributed by atoms with E-state index in [1.165, 1.54) is 0 Å². The first-order chi connectivity index (χ1) is 7.20. The Morgan fingerprint density at radius 2 is 2.47 bits per heavy atom. The zero-order valence-electron chi connectivity index (χ0n) is 8.40. The van der Waals surface area contributed by atoms with Crippen LogP contribution < -0.4 is 9.47 Å². The van der Waals surface area contributed by atoms with Crippen LogP contribution in [0.5, 0.6) is 11.5 Å². The molecule has 1 aromatic carbocycles. The van der Waals surface area contributed by atoms with Crippen LogP contribution in [0.1, 0.15) is 17.9 Å². The maximum atomic E-state index is 10.6. The smallest absolute Gasteiger partial charge is 0.304 e. The van der Waals surface area contributed by atoms with E-state index in [4.69, 9.17) is 14.6 Å². The lowest BCUT2D eigenvalue weighted by Gasteiger charge is -2.05. The van der Waals surface area contributed by atoms with Gasteiger partial charge < -0.3 is 14.6 Å². The summed E-state index contributed by atoms with van der Waals surface area (Å²) in [7, 11) is 1.59. The summed E-state index contributed by atoms with van der Waals surface area (Å²) >= 11 is 0. The van der Waals surface area contributed by atoms with Crippen molar-refractivity contribution in [3.8, 4) is 11.5 Å². The Morgan fingerprint density at radius 3 is 3.13 bits per heavy atom. The highest BCUT2D eigenvalue weighted by molar-refractivity contribution is 5.68. The molecule has 0 spiro atoms. The standard InChI is InChI=1S/C11H12O4/c1-14-8-2-3-9-7(4-11(12)13)6-15-10(9)5-8/h2-3,5,7H,4,6H2,1H3,(H,12,13). The number of aliphatic carboxylic acids is 1. The summed E-state index contributed by atoms with van der Waals surface area (Å²) in [6.45, 7) is 0.439. The van der Waals surface area contributed by atoms with Crippen molar-refractivity contribution in [3.05, 3.63) is 23.8 Å². The van der Waals surface area contributed by atoms with E-state index in [0.29, 0.717) is 6.61 Å². The van der Waals surface area contributed by atoms with Crippen molar-refractivity contribution in [2.24, 2.45) is 0 Å². The first kappa shape index (κ1) is 9.83. The molecule has 1 unspecified atom stereocenters. The molecule has 15 heavy (non-hydrogen) atoms. The quantitative estimate of drug-likeness (QED) is 0.820. The monoisotopic (exact) mass is 208 g/mol. The predicted molar refractivity (Wildman–Crippen MR) is 53.5 cm³/mol. The van der Waals surface area contributed by atoms with Crippen LogP contribution in [0.4, 0.5) is 0 Å². The molecule has 1 aliphatic heterocycles. The summed E-state index contributed by atoms with van der Waals surface area (Å²) in [6, 6.07) is 5.48. The van der Waals surface area contributed by atoms with Crippen molar-refractivity contribution in [2.45, 2.75) is 12.3 Å². The Morgan fingerprint density at radius 1 is 1.67 bits per heavy atom. The van der Waals surface area contributed by atoms with Gasteiger partial charge in [0.15, 0.2) is 0 Å². The number of carboxylic acid groups (broad SMARTS) is 1. The van der Waals surface area contributed by atoms with Gasteiger partial charge in [0, 0.05) is 17.5 Å². The zero-order valence-corrected chi connectivity index (χ0v) is 8.40. The second-order valence-corrected chi connectivity index (χ2v) is 3.51. The Bertz CT molecular complexity index is 386. The topological polar surface area (TPSA) is 55.8 Å². The third-order valence-electron chi connectivity index (χ3n) is 2.52. The molecule has 0 saturated carbocycles. The Kier molecular flexibility index (Phi) is 2.49. The Balaban J connectivity index is 2.24. The van der Waals surface area contributed by atoms with Crippen molar-refractivity contribution >= 4 is 5.97 Å². The molecule has 1 N–H and O–H groups in total. The first-order valence-corrected chi connectivity index (χ1v) is 4.73. The first-order valence-electron chi connectivity index (χ1n) is 4.73. The molecule has 1 aromatic rings. The van der Waals surface area contributed by atoms with Crippen LogP contribution in [0.25, 0.3) is 0 Å². The van der Waals surface area contributed by atoms with Gasteiger partial charge in [-0.25, -0.2) is 0 Å². The van der Waals surface area contributed by atoms with Crippen LogP contribution in [0.2, 0.25) is 0 Å². The molecule has 4 heteroatoms. The number of carboxylic acids is 1.